The van der Waals surface area contributed by atoms with Crippen molar-refractivity contribution in [1.29, 1.82) is 0 Å². The van der Waals surface area contributed by atoms with Crippen LogP contribution in [0.1, 0.15) is 39.7 Å². The summed E-state index contributed by atoms with van der Waals surface area (Å²) in [5, 5.41) is 1.46. The van der Waals surface area contributed by atoms with Crippen LogP contribution >= 0.6 is 0 Å². The molecule has 138 valence electrons. The highest BCUT2D eigenvalue weighted by Gasteiger charge is 2.34. The largest absolute Gasteiger partial charge is 0.487 e. The maximum absolute atomic E-state index is 12.2. The molecule has 6 heteroatoms. The third kappa shape index (κ3) is 3.37. The highest BCUT2D eigenvalue weighted by molar-refractivity contribution is 5.99. The van der Waals surface area contributed by atoms with Crippen LogP contribution in [0.2, 0.25) is 0 Å². The number of carbonyl (C=O) groups is 2. The van der Waals surface area contributed by atoms with Gasteiger partial charge in [-0.2, -0.15) is 0 Å². The summed E-state index contributed by atoms with van der Waals surface area (Å²) < 4.78 is 17.2. The van der Waals surface area contributed by atoms with Gasteiger partial charge in [-0.3, -0.25) is 4.79 Å². The number of esters is 2. The molecule has 0 fully saturated rings. The average molecular weight is 357 g/mol. The summed E-state index contributed by atoms with van der Waals surface area (Å²) in [6.45, 7) is 6.88. The van der Waals surface area contributed by atoms with E-state index in [9.17, 15) is 9.59 Å². The second-order valence-corrected chi connectivity index (χ2v) is 7.18. The summed E-state index contributed by atoms with van der Waals surface area (Å²) in [5.41, 5.74) is 6.02. The van der Waals surface area contributed by atoms with Gasteiger partial charge in [-0.1, -0.05) is 24.3 Å². The summed E-state index contributed by atoms with van der Waals surface area (Å²) in [6.07, 6.45) is 1.36. The van der Waals surface area contributed by atoms with Gasteiger partial charge in [-0.25, -0.2) is 4.79 Å². The minimum atomic E-state index is -0.803. The molecular weight excluding hydrogens is 334 g/mol. The lowest BCUT2D eigenvalue weighted by Gasteiger charge is -2.34. The lowest BCUT2D eigenvalue weighted by atomic mass is 9.91. The summed E-state index contributed by atoms with van der Waals surface area (Å²) >= 11 is 0. The van der Waals surface area contributed by atoms with Gasteiger partial charge >= 0.3 is 11.9 Å². The summed E-state index contributed by atoms with van der Waals surface area (Å²) in [6, 6.07) is 6.62. The Hall–Kier alpha value is -2.60. The predicted octanol–water partition coefficient (Wildman–Crippen LogP) is 3.12. The Balaban J connectivity index is 2.31. The molecule has 2 aromatic rings. The summed E-state index contributed by atoms with van der Waals surface area (Å²) in [4.78, 5) is 23.9. The Morgan fingerprint density at radius 3 is 2.42 bits per heavy atom. The minimum Gasteiger partial charge on any atom is -0.487 e. The van der Waals surface area contributed by atoms with E-state index in [-0.39, 0.29) is 17.1 Å². The van der Waals surface area contributed by atoms with E-state index in [0.717, 1.165) is 11.8 Å². The molecule has 0 saturated heterocycles. The topological polar surface area (TPSA) is 87.9 Å². The van der Waals surface area contributed by atoms with Crippen LogP contribution in [0.25, 0.3) is 10.8 Å². The molecule has 0 bridgehead atoms. The van der Waals surface area contributed by atoms with Crippen molar-refractivity contribution in [2.45, 2.75) is 52.2 Å². The highest BCUT2D eigenvalue weighted by Crippen LogP contribution is 2.50. The Morgan fingerprint density at radius 2 is 1.81 bits per heavy atom. The zero-order chi connectivity index (χ0) is 19.1. The monoisotopic (exact) mass is 357 g/mol. The van der Waals surface area contributed by atoms with Crippen molar-refractivity contribution in [2.75, 3.05) is 0 Å². The summed E-state index contributed by atoms with van der Waals surface area (Å²) in [7, 11) is 0. The zero-order valence-corrected chi connectivity index (χ0v) is 15.4. The third-order valence-corrected chi connectivity index (χ3v) is 4.35. The third-order valence-electron chi connectivity index (χ3n) is 4.35. The molecule has 1 aliphatic rings. The molecule has 1 aliphatic heterocycles. The van der Waals surface area contributed by atoms with Crippen molar-refractivity contribution >= 4 is 22.7 Å². The first kappa shape index (κ1) is 18.2. The van der Waals surface area contributed by atoms with E-state index in [1.165, 1.54) is 6.92 Å². The summed E-state index contributed by atoms with van der Waals surface area (Å²) in [5.74, 6) is 0.00190. The van der Waals surface area contributed by atoms with E-state index in [4.69, 9.17) is 19.9 Å². The number of ether oxygens (including phenoxy) is 3. The Labute approximate surface area is 152 Å². The van der Waals surface area contributed by atoms with E-state index in [1.54, 1.807) is 6.92 Å². The van der Waals surface area contributed by atoms with Crippen molar-refractivity contribution < 1.29 is 23.8 Å². The molecule has 6 nitrogen and oxygen atoms in total. The van der Waals surface area contributed by atoms with Crippen molar-refractivity contribution in [2.24, 2.45) is 5.73 Å². The molecule has 0 aliphatic carbocycles. The maximum Gasteiger partial charge on any atom is 0.328 e. The first-order valence-corrected chi connectivity index (χ1v) is 8.62. The van der Waals surface area contributed by atoms with Gasteiger partial charge in [0.2, 0.25) is 0 Å². The van der Waals surface area contributed by atoms with E-state index >= 15 is 0 Å². The van der Waals surface area contributed by atoms with Gasteiger partial charge in [-0.05, 0) is 33.6 Å². The van der Waals surface area contributed by atoms with Crippen LogP contribution in [0, 0.1) is 0 Å². The number of hydrogen-bond donors (Lipinski definition) is 1. The molecule has 26 heavy (non-hydrogen) atoms. The van der Waals surface area contributed by atoms with Crippen molar-refractivity contribution in [3.05, 3.63) is 29.8 Å². The lowest BCUT2D eigenvalue weighted by Crippen LogP contribution is -2.34. The lowest BCUT2D eigenvalue weighted by molar-refractivity contribution is -0.137. The molecule has 2 aromatic carbocycles. The van der Waals surface area contributed by atoms with Crippen LogP contribution in [0.15, 0.2) is 24.3 Å². The average Bonchev–Trinajstić information content (AvgIpc) is 2.56. The van der Waals surface area contributed by atoms with Crippen molar-refractivity contribution in [3.63, 3.8) is 0 Å². The number of fused-ring (bicyclic) bond motifs is 3. The van der Waals surface area contributed by atoms with E-state index in [1.807, 2.05) is 38.1 Å². The van der Waals surface area contributed by atoms with Crippen molar-refractivity contribution in [1.82, 2.24) is 0 Å². The van der Waals surface area contributed by atoms with Gasteiger partial charge in [0.15, 0.2) is 11.5 Å². The van der Waals surface area contributed by atoms with Crippen LogP contribution in [0.5, 0.6) is 17.2 Å². The number of carbonyl (C=O) groups excluding carboxylic acids is 2. The number of hydrogen-bond acceptors (Lipinski definition) is 6. The first-order valence-electron chi connectivity index (χ1n) is 8.62. The fourth-order valence-electron chi connectivity index (χ4n) is 3.05. The molecule has 0 unspecified atom stereocenters. The second-order valence-electron chi connectivity index (χ2n) is 7.18. The maximum atomic E-state index is 12.2. The number of benzene rings is 2. The van der Waals surface area contributed by atoms with E-state index in [2.05, 4.69) is 0 Å². The van der Waals surface area contributed by atoms with Crippen LogP contribution in [0.4, 0.5) is 0 Å². The highest BCUT2D eigenvalue weighted by atomic mass is 16.6. The normalized spacial score (nSPS) is 16.3. The molecule has 2 N–H and O–H groups in total. The molecule has 0 aromatic heterocycles. The first-order chi connectivity index (χ1) is 12.2. The molecule has 3 rings (SSSR count). The van der Waals surface area contributed by atoms with E-state index in [0.29, 0.717) is 23.1 Å². The second kappa shape index (κ2) is 6.61. The molecule has 0 spiro atoms. The zero-order valence-electron chi connectivity index (χ0n) is 15.4. The van der Waals surface area contributed by atoms with E-state index < -0.39 is 18.0 Å². The number of nitrogens with two attached hydrogens (primary N) is 1. The van der Waals surface area contributed by atoms with Gasteiger partial charge in [0.05, 0.1) is 0 Å². The fraction of sp³-hybridized carbons (Fsp3) is 0.400. The predicted molar refractivity (Wildman–Crippen MR) is 97.6 cm³/mol. The van der Waals surface area contributed by atoms with Crippen LogP contribution in [-0.2, 0) is 16.0 Å². The van der Waals surface area contributed by atoms with Crippen LogP contribution in [0.3, 0.4) is 0 Å². The molecule has 0 amide bonds. The Kier molecular flexibility index (Phi) is 4.63. The minimum absolute atomic E-state index is 0.215. The van der Waals surface area contributed by atoms with Gasteiger partial charge in [0, 0.05) is 23.3 Å². The van der Waals surface area contributed by atoms with Crippen LogP contribution < -0.4 is 19.9 Å². The fourth-order valence-corrected chi connectivity index (χ4v) is 3.05. The molecule has 0 saturated carbocycles. The number of rotatable bonds is 3. The van der Waals surface area contributed by atoms with Gasteiger partial charge < -0.3 is 19.9 Å². The quantitative estimate of drug-likeness (QED) is 0.671. The molecule has 0 radical (unpaired) electrons. The molecule has 1 atom stereocenters. The Bertz CT molecular complexity index is 885. The molecular formula is C20H23NO5. The molecule has 1 heterocycles. The van der Waals surface area contributed by atoms with Gasteiger partial charge in [0.1, 0.15) is 17.4 Å². The van der Waals surface area contributed by atoms with Crippen LogP contribution in [-0.4, -0.2) is 23.6 Å². The Morgan fingerprint density at radius 1 is 1.15 bits per heavy atom. The standard InChI is InChI=1S/C20H23NO5/c1-11(21)19(23)25-18-15-9-10-20(3,4)26-16(15)13-7-5-6-8-14(13)17(18)24-12(2)22/h5-8,11H,9-10,21H2,1-4H3/t11-/m0/s1. The smallest absolute Gasteiger partial charge is 0.328 e. The SMILES string of the molecule is CC(=O)Oc1c(OC(=O)[C@H](C)N)c2c(c3ccccc13)OC(C)(C)CC2. The van der Waals surface area contributed by atoms with Gasteiger partial charge in [0.25, 0.3) is 0 Å². The van der Waals surface area contributed by atoms with Gasteiger partial charge in [-0.15, -0.1) is 0 Å². The van der Waals surface area contributed by atoms with Crippen molar-refractivity contribution in [3.8, 4) is 17.2 Å².